The predicted octanol–water partition coefficient (Wildman–Crippen LogP) is 5.89. The van der Waals surface area contributed by atoms with E-state index in [4.69, 9.17) is 4.74 Å². The topological polar surface area (TPSA) is 50.7 Å². The predicted molar refractivity (Wildman–Crippen MR) is 113 cm³/mol. The van der Waals surface area contributed by atoms with E-state index in [0.29, 0.717) is 5.69 Å². The minimum absolute atomic E-state index is 0.0209. The Hall–Kier alpha value is -3.09. The molecule has 0 bridgehead atoms. The molecule has 4 rings (SSSR count). The molecule has 1 aliphatic carbocycles. The van der Waals surface area contributed by atoms with Gasteiger partial charge in [-0.2, -0.15) is 13.2 Å². The Bertz CT molecular complexity index is 1070. The van der Waals surface area contributed by atoms with Gasteiger partial charge in [-0.1, -0.05) is 61.9 Å². The number of nitrogens with zero attached hydrogens (tertiary/aromatic N) is 1. The monoisotopic (exact) mass is 428 g/mol. The van der Waals surface area contributed by atoms with Gasteiger partial charge in [0.1, 0.15) is 11.6 Å². The molecule has 31 heavy (non-hydrogen) atoms. The molecule has 7 heteroatoms. The number of hydrogen-bond donors (Lipinski definition) is 1. The molecule has 1 unspecified atom stereocenters. The lowest BCUT2D eigenvalue weighted by Crippen LogP contribution is -2.49. The number of aliphatic imine (C=N–C) groups is 1. The van der Waals surface area contributed by atoms with E-state index in [-0.39, 0.29) is 41.4 Å². The highest BCUT2D eigenvalue weighted by atomic mass is 19.4. The van der Waals surface area contributed by atoms with Gasteiger partial charge in [0.25, 0.3) is 0 Å². The van der Waals surface area contributed by atoms with Crippen molar-refractivity contribution in [3.63, 3.8) is 0 Å². The van der Waals surface area contributed by atoms with E-state index in [1.54, 1.807) is 49.4 Å². The van der Waals surface area contributed by atoms with Gasteiger partial charge in [0.2, 0.25) is 0 Å². The van der Waals surface area contributed by atoms with Crippen molar-refractivity contribution in [2.24, 2.45) is 10.4 Å². The van der Waals surface area contributed by atoms with Crippen LogP contribution in [0.15, 0.2) is 70.9 Å². The van der Waals surface area contributed by atoms with Crippen molar-refractivity contribution in [3.8, 4) is 0 Å². The number of Topliss-reactive ketones (excluding diaryl/α,β-unsaturated/α-hetero) is 1. The van der Waals surface area contributed by atoms with E-state index in [1.165, 1.54) is 12.1 Å². The quantitative estimate of drug-likeness (QED) is 0.649. The summed E-state index contributed by atoms with van der Waals surface area (Å²) >= 11 is 0. The Balaban J connectivity index is 1.93. The lowest BCUT2D eigenvalue weighted by molar-refractivity contribution is -0.272. The zero-order chi connectivity index (χ0) is 22.4. The van der Waals surface area contributed by atoms with E-state index >= 15 is 0 Å². The molecule has 2 aliphatic rings. The molecule has 162 valence electrons. The number of nitrogens with one attached hydrogen (secondary N) is 1. The summed E-state index contributed by atoms with van der Waals surface area (Å²) in [6.07, 6.45) is -4.45. The SMILES string of the molecule is Cc1ccc(C2(C(F)(F)F)N=C(Nc3ccccc3)C3=C(CC(C)(C)CC3=O)O2)cc1. The highest BCUT2D eigenvalue weighted by molar-refractivity contribution is 6.27. The van der Waals surface area contributed by atoms with Crippen molar-refractivity contribution in [1.82, 2.24) is 0 Å². The van der Waals surface area contributed by atoms with Gasteiger partial charge in [0.15, 0.2) is 5.78 Å². The molecule has 1 aliphatic heterocycles. The van der Waals surface area contributed by atoms with Crippen molar-refractivity contribution in [1.29, 1.82) is 0 Å². The van der Waals surface area contributed by atoms with Crippen molar-refractivity contribution in [3.05, 3.63) is 77.1 Å². The highest BCUT2D eigenvalue weighted by Gasteiger charge is 2.62. The van der Waals surface area contributed by atoms with Crippen LogP contribution in [0.1, 0.15) is 37.8 Å². The third-order valence-corrected chi connectivity index (χ3v) is 5.48. The largest absolute Gasteiger partial charge is 0.457 e. The van der Waals surface area contributed by atoms with Crippen LogP contribution >= 0.6 is 0 Å². The maximum atomic E-state index is 14.6. The Morgan fingerprint density at radius 1 is 1.00 bits per heavy atom. The Morgan fingerprint density at radius 2 is 1.65 bits per heavy atom. The fraction of sp³-hybridized carbons (Fsp3) is 0.333. The van der Waals surface area contributed by atoms with Crippen LogP contribution in [0.5, 0.6) is 0 Å². The number of ketones is 1. The summed E-state index contributed by atoms with van der Waals surface area (Å²) in [7, 11) is 0. The summed E-state index contributed by atoms with van der Waals surface area (Å²) in [6, 6.07) is 14.6. The maximum Gasteiger partial charge on any atom is 0.455 e. The zero-order valence-electron chi connectivity index (χ0n) is 17.5. The van der Waals surface area contributed by atoms with Crippen LogP contribution in [0, 0.1) is 12.3 Å². The molecule has 0 amide bonds. The number of para-hydroxylation sites is 1. The van der Waals surface area contributed by atoms with Crippen molar-refractivity contribution < 1.29 is 22.7 Å². The first kappa shape index (κ1) is 21.2. The lowest BCUT2D eigenvalue weighted by Gasteiger charge is -2.42. The van der Waals surface area contributed by atoms with E-state index in [2.05, 4.69) is 10.3 Å². The molecule has 4 nitrogen and oxygen atoms in total. The first-order valence-corrected chi connectivity index (χ1v) is 10.0. The molecule has 0 spiro atoms. The third kappa shape index (κ3) is 3.84. The van der Waals surface area contributed by atoms with Crippen LogP contribution in [0.25, 0.3) is 0 Å². The summed E-state index contributed by atoms with van der Waals surface area (Å²) in [5.74, 6) is -0.383. The standard InChI is InChI=1S/C24H23F3N2O2/c1-15-9-11-16(12-10-15)23(24(25,26)27)29-21(28-17-7-5-4-6-8-17)20-18(30)13-22(2,3)14-19(20)31-23/h4-12H,13-14H2,1-3H3,(H,28,29). The molecule has 0 aromatic heterocycles. The van der Waals surface area contributed by atoms with Crippen LogP contribution in [-0.4, -0.2) is 17.8 Å². The Labute approximate surface area is 178 Å². The number of amidine groups is 1. The number of carbonyl (C=O) groups excluding carboxylic acids is 1. The van der Waals surface area contributed by atoms with Gasteiger partial charge in [-0.15, -0.1) is 0 Å². The molecular weight excluding hydrogens is 405 g/mol. The number of halogens is 3. The van der Waals surface area contributed by atoms with Crippen molar-refractivity contribution >= 4 is 17.3 Å². The molecule has 0 saturated heterocycles. The summed E-state index contributed by atoms with van der Waals surface area (Å²) in [5, 5.41) is 2.94. The molecule has 2 aromatic carbocycles. The first-order chi connectivity index (χ1) is 14.5. The summed E-state index contributed by atoms with van der Waals surface area (Å²) in [5.41, 5.74) is -2.15. The fourth-order valence-electron chi connectivity index (χ4n) is 3.97. The van der Waals surface area contributed by atoms with E-state index in [9.17, 15) is 18.0 Å². The molecule has 0 radical (unpaired) electrons. The van der Waals surface area contributed by atoms with E-state index in [1.807, 2.05) is 13.8 Å². The molecule has 0 saturated carbocycles. The number of aryl methyl sites for hydroxylation is 1. The number of alkyl halides is 3. The van der Waals surface area contributed by atoms with Gasteiger partial charge >= 0.3 is 11.9 Å². The Kier molecular flexibility index (Phi) is 4.95. The number of carbonyl (C=O) groups is 1. The molecular formula is C24H23F3N2O2. The van der Waals surface area contributed by atoms with Crippen molar-refractivity contribution in [2.75, 3.05) is 5.32 Å². The first-order valence-electron chi connectivity index (χ1n) is 10.0. The number of allylic oxidation sites excluding steroid dienone is 1. The average Bonchev–Trinajstić information content (AvgIpc) is 2.66. The number of ether oxygens (including phenoxy) is 1. The third-order valence-electron chi connectivity index (χ3n) is 5.48. The van der Waals surface area contributed by atoms with Crippen molar-refractivity contribution in [2.45, 2.75) is 45.5 Å². The second kappa shape index (κ2) is 7.25. The van der Waals surface area contributed by atoms with E-state index < -0.39 is 17.3 Å². The molecule has 0 fully saturated rings. The van der Waals surface area contributed by atoms with Gasteiger partial charge < -0.3 is 10.1 Å². The number of rotatable bonds is 2. The lowest BCUT2D eigenvalue weighted by atomic mass is 9.75. The van der Waals surface area contributed by atoms with Crippen LogP contribution in [0.3, 0.4) is 0 Å². The smallest absolute Gasteiger partial charge is 0.455 e. The van der Waals surface area contributed by atoms with Gasteiger partial charge in [-0.25, -0.2) is 4.99 Å². The molecule has 1 atom stereocenters. The average molecular weight is 428 g/mol. The minimum Gasteiger partial charge on any atom is -0.457 e. The molecule has 1 heterocycles. The van der Waals surface area contributed by atoms with Gasteiger partial charge in [-0.05, 0) is 24.5 Å². The number of anilines is 1. The van der Waals surface area contributed by atoms with Gasteiger partial charge in [0.05, 0.1) is 5.57 Å². The second-order valence-corrected chi connectivity index (χ2v) is 8.80. The molecule has 2 aromatic rings. The van der Waals surface area contributed by atoms with Gasteiger partial charge in [-0.3, -0.25) is 4.79 Å². The molecule has 1 N–H and O–H groups in total. The van der Waals surface area contributed by atoms with Crippen LogP contribution in [0.2, 0.25) is 0 Å². The minimum atomic E-state index is -4.85. The van der Waals surface area contributed by atoms with Crippen LogP contribution in [-0.2, 0) is 15.3 Å². The summed E-state index contributed by atoms with van der Waals surface area (Å²) in [6.45, 7) is 5.48. The maximum absolute atomic E-state index is 14.6. The number of hydrogen-bond acceptors (Lipinski definition) is 4. The highest BCUT2D eigenvalue weighted by Crippen LogP contribution is 2.51. The summed E-state index contributed by atoms with van der Waals surface area (Å²) < 4.78 is 49.4. The second-order valence-electron chi connectivity index (χ2n) is 8.80. The normalized spacial score (nSPS) is 23.0. The Morgan fingerprint density at radius 3 is 2.26 bits per heavy atom. The van der Waals surface area contributed by atoms with Crippen LogP contribution in [0.4, 0.5) is 18.9 Å². The van der Waals surface area contributed by atoms with Crippen LogP contribution < -0.4 is 5.32 Å². The summed E-state index contributed by atoms with van der Waals surface area (Å²) in [4.78, 5) is 17.0. The fourth-order valence-corrected chi connectivity index (χ4v) is 3.97. The zero-order valence-corrected chi connectivity index (χ0v) is 17.5. The van der Waals surface area contributed by atoms with E-state index in [0.717, 1.165) is 5.56 Å². The number of benzene rings is 2. The van der Waals surface area contributed by atoms with Gasteiger partial charge in [0, 0.05) is 24.1 Å².